The number of hydrogen-bond donors (Lipinski definition) is 2. The van der Waals surface area contributed by atoms with Gasteiger partial charge in [-0.05, 0) is 27.7 Å². The summed E-state index contributed by atoms with van der Waals surface area (Å²) >= 11 is 0. The molecule has 0 unspecified atom stereocenters. The van der Waals surface area contributed by atoms with Crippen LogP contribution in [0.5, 0.6) is 0 Å². The van der Waals surface area contributed by atoms with E-state index in [4.69, 9.17) is 19.5 Å². The predicted octanol–water partition coefficient (Wildman–Crippen LogP) is -0.0715. The lowest BCUT2D eigenvalue weighted by molar-refractivity contribution is -0.00453. The van der Waals surface area contributed by atoms with Gasteiger partial charge in [-0.15, -0.1) is 0 Å². The molecule has 1 heterocycles. The van der Waals surface area contributed by atoms with Gasteiger partial charge < -0.3 is 19.5 Å². The van der Waals surface area contributed by atoms with E-state index in [1.165, 1.54) is 0 Å². The molecular weight excluding hydrogens is 159 g/mol. The van der Waals surface area contributed by atoms with Gasteiger partial charge in [-0.2, -0.15) is 0 Å². The van der Waals surface area contributed by atoms with Crippen LogP contribution in [0.1, 0.15) is 27.7 Å². The topological polar surface area (TPSA) is 58.9 Å². The van der Waals surface area contributed by atoms with Gasteiger partial charge in [-0.1, -0.05) is 0 Å². The van der Waals surface area contributed by atoms with E-state index in [1.54, 1.807) is 0 Å². The normalized spacial score (nSPS) is 26.8. The second-order valence-corrected chi connectivity index (χ2v) is 4.04. The maximum atomic E-state index is 8.82. The molecule has 0 bridgehead atoms. The van der Waals surface area contributed by atoms with Crippen LogP contribution in [0, 0.1) is 0 Å². The van der Waals surface area contributed by atoms with Gasteiger partial charge >= 0.3 is 7.12 Å². The summed E-state index contributed by atoms with van der Waals surface area (Å²) in [6.07, 6.45) is -1.58. The van der Waals surface area contributed by atoms with Crippen molar-refractivity contribution in [1.82, 2.24) is 0 Å². The Labute approximate surface area is 72.6 Å². The monoisotopic (exact) mass is 174 g/mol. The summed E-state index contributed by atoms with van der Waals surface area (Å²) in [4.78, 5) is 0. The number of aliphatic hydroxyl groups is 2. The first-order chi connectivity index (χ1) is 5.26. The summed E-state index contributed by atoms with van der Waals surface area (Å²) in [5.74, 6) is 0. The third-order valence-electron chi connectivity index (χ3n) is 2.51. The van der Waals surface area contributed by atoms with Crippen LogP contribution in [0.3, 0.4) is 0 Å². The summed E-state index contributed by atoms with van der Waals surface area (Å²) in [6.45, 7) is 7.43. The van der Waals surface area contributed by atoms with Crippen molar-refractivity contribution < 1.29 is 19.5 Å². The zero-order valence-electron chi connectivity index (χ0n) is 7.87. The minimum atomic E-state index is -1.58. The van der Waals surface area contributed by atoms with Gasteiger partial charge in [0.2, 0.25) is 0 Å². The van der Waals surface area contributed by atoms with Crippen molar-refractivity contribution in [2.75, 3.05) is 0 Å². The Morgan fingerprint density at radius 2 is 1.33 bits per heavy atom. The third-order valence-corrected chi connectivity index (χ3v) is 2.51. The highest BCUT2D eigenvalue weighted by molar-refractivity contribution is 6.46. The third kappa shape index (κ3) is 1.50. The zero-order valence-corrected chi connectivity index (χ0v) is 7.87. The lowest BCUT2D eigenvalue weighted by atomic mass is 9.90. The summed E-state index contributed by atoms with van der Waals surface area (Å²) in [5, 5.41) is 17.6. The maximum Gasteiger partial charge on any atom is 0.517 e. The van der Waals surface area contributed by atoms with Crippen LogP contribution < -0.4 is 0 Å². The fourth-order valence-corrected chi connectivity index (χ4v) is 1.01. The van der Waals surface area contributed by atoms with E-state index in [9.17, 15) is 0 Å². The van der Waals surface area contributed by atoms with Crippen LogP contribution in [-0.4, -0.2) is 34.7 Å². The molecule has 0 saturated carbocycles. The van der Waals surface area contributed by atoms with E-state index >= 15 is 0 Å². The molecule has 4 nitrogen and oxygen atoms in total. The second-order valence-electron chi connectivity index (χ2n) is 4.04. The van der Waals surface area contributed by atoms with Crippen molar-refractivity contribution in [3.63, 3.8) is 0 Å². The first-order valence-electron chi connectivity index (χ1n) is 3.98. The molecule has 0 spiro atoms. The smallest absolute Gasteiger partial charge is 0.400 e. The van der Waals surface area contributed by atoms with Crippen molar-refractivity contribution in [2.45, 2.75) is 45.1 Å². The number of rotatable bonds is 1. The number of aliphatic hydroxyl groups excluding tert-OH is 1. The quantitative estimate of drug-likeness (QED) is 0.431. The van der Waals surface area contributed by atoms with Gasteiger partial charge in [0.1, 0.15) is 0 Å². The fourth-order valence-electron chi connectivity index (χ4n) is 1.01. The van der Waals surface area contributed by atoms with Gasteiger partial charge in [-0.3, -0.25) is 0 Å². The lowest BCUT2D eigenvalue weighted by Gasteiger charge is -2.32. The first kappa shape index (κ1) is 9.99. The molecule has 1 rings (SSSR count). The van der Waals surface area contributed by atoms with Gasteiger partial charge in [0, 0.05) is 0 Å². The number of hydrogen-bond acceptors (Lipinski definition) is 4. The van der Waals surface area contributed by atoms with Crippen LogP contribution in [0.25, 0.3) is 0 Å². The highest BCUT2D eigenvalue weighted by Gasteiger charge is 2.53. The lowest BCUT2D eigenvalue weighted by Crippen LogP contribution is -2.41. The molecule has 12 heavy (non-hydrogen) atoms. The van der Waals surface area contributed by atoms with E-state index in [0.717, 1.165) is 0 Å². The Balaban J connectivity index is 2.74. The van der Waals surface area contributed by atoms with Gasteiger partial charge in [-0.25, -0.2) is 0 Å². The molecule has 0 aliphatic carbocycles. The first-order valence-corrected chi connectivity index (χ1v) is 3.98. The van der Waals surface area contributed by atoms with Crippen LogP contribution in [-0.2, 0) is 9.31 Å². The molecule has 2 N–H and O–H groups in total. The summed E-state index contributed by atoms with van der Waals surface area (Å²) in [5.41, 5.74) is -0.997. The molecule has 1 aliphatic heterocycles. The van der Waals surface area contributed by atoms with Gasteiger partial charge in [0.05, 0.1) is 11.2 Å². The maximum absolute atomic E-state index is 8.82. The Bertz CT molecular complexity index is 162. The molecule has 0 amide bonds. The minimum absolute atomic E-state index is 0.499. The molecule has 0 radical (unpaired) electrons. The fraction of sp³-hybridized carbons (Fsp3) is 1.00. The van der Waals surface area contributed by atoms with Crippen LogP contribution >= 0.6 is 0 Å². The van der Waals surface area contributed by atoms with Crippen molar-refractivity contribution >= 4 is 7.12 Å². The Morgan fingerprint density at radius 3 is 1.50 bits per heavy atom. The summed E-state index contributed by atoms with van der Waals surface area (Å²) < 4.78 is 10.6. The highest BCUT2D eigenvalue weighted by atomic mass is 16.7. The van der Waals surface area contributed by atoms with Crippen molar-refractivity contribution in [2.24, 2.45) is 0 Å². The average molecular weight is 174 g/mol. The molecule has 0 aromatic heterocycles. The zero-order chi connectivity index (χ0) is 9.57. The molecule has 0 aromatic carbocycles. The molecule has 0 aromatic rings. The van der Waals surface area contributed by atoms with E-state index in [1.807, 2.05) is 27.7 Å². The van der Waals surface area contributed by atoms with Crippen molar-refractivity contribution in [3.05, 3.63) is 0 Å². The standard InChI is InChI=1S/C7H15BO4/c1-6(2)7(3,4)12-8(11-6)5(9)10/h5,9-10H,1-4H3. The SMILES string of the molecule is CC1(C)OB(C(O)O)OC1(C)C. The molecule has 1 fully saturated rings. The molecule has 1 saturated heterocycles. The Hall–Kier alpha value is -0.0951. The van der Waals surface area contributed by atoms with Crippen LogP contribution in [0.4, 0.5) is 0 Å². The predicted molar refractivity (Wildman–Crippen MR) is 44.3 cm³/mol. The second kappa shape index (κ2) is 2.70. The highest BCUT2D eigenvalue weighted by Crippen LogP contribution is 2.36. The Morgan fingerprint density at radius 1 is 1.00 bits per heavy atom. The van der Waals surface area contributed by atoms with E-state index in [-0.39, 0.29) is 0 Å². The molecule has 70 valence electrons. The van der Waals surface area contributed by atoms with E-state index in [0.29, 0.717) is 0 Å². The molecule has 5 heteroatoms. The Kier molecular flexibility index (Phi) is 2.25. The molecular formula is C7H15BO4. The van der Waals surface area contributed by atoms with Gasteiger partial charge in [0.25, 0.3) is 0 Å². The van der Waals surface area contributed by atoms with Crippen molar-refractivity contribution in [1.29, 1.82) is 0 Å². The summed E-state index contributed by atoms with van der Waals surface area (Å²) in [6, 6.07) is 0. The molecule has 1 aliphatic rings. The van der Waals surface area contributed by atoms with Crippen molar-refractivity contribution in [3.8, 4) is 0 Å². The molecule has 0 atom stereocenters. The average Bonchev–Trinajstić information content (AvgIpc) is 2.03. The van der Waals surface area contributed by atoms with Crippen LogP contribution in [0.15, 0.2) is 0 Å². The van der Waals surface area contributed by atoms with Gasteiger partial charge in [0.15, 0.2) is 6.19 Å². The van der Waals surface area contributed by atoms with E-state index < -0.39 is 24.5 Å². The largest absolute Gasteiger partial charge is 0.517 e. The summed E-state index contributed by atoms with van der Waals surface area (Å²) in [7, 11) is -0.935. The van der Waals surface area contributed by atoms with E-state index in [2.05, 4.69) is 0 Å². The minimum Gasteiger partial charge on any atom is -0.400 e. The van der Waals surface area contributed by atoms with Crippen LogP contribution in [0.2, 0.25) is 0 Å².